The number of benzene rings is 3. The normalized spacial score (nSPS) is 15.2. The number of amides is 2. The first-order chi connectivity index (χ1) is 12.1. The third-order valence-corrected chi connectivity index (χ3v) is 5.16. The second kappa shape index (κ2) is 5.07. The van der Waals surface area contributed by atoms with Gasteiger partial charge in [0.05, 0.1) is 5.69 Å². The van der Waals surface area contributed by atoms with E-state index < -0.39 is 0 Å². The Kier molecular flexibility index (Phi) is 2.93. The van der Waals surface area contributed by atoms with Crippen molar-refractivity contribution in [3.63, 3.8) is 0 Å². The lowest BCUT2D eigenvalue weighted by atomic mass is 9.93. The molecule has 25 heavy (non-hydrogen) atoms. The van der Waals surface area contributed by atoms with Crippen molar-refractivity contribution in [3.8, 4) is 11.5 Å². The van der Waals surface area contributed by atoms with Crippen LogP contribution in [-0.4, -0.2) is 18.6 Å². The minimum absolute atomic E-state index is 0.136. The van der Waals surface area contributed by atoms with Crippen molar-refractivity contribution < 1.29 is 19.1 Å². The molecule has 5 rings (SSSR count). The minimum atomic E-state index is -0.347. The molecule has 0 atom stereocenters. The van der Waals surface area contributed by atoms with Crippen LogP contribution in [0, 0.1) is 0 Å². The van der Waals surface area contributed by atoms with Crippen LogP contribution < -0.4 is 14.4 Å². The fourth-order valence-electron chi connectivity index (χ4n) is 3.32. The van der Waals surface area contributed by atoms with E-state index in [2.05, 4.69) is 15.9 Å². The monoisotopic (exact) mass is 395 g/mol. The summed E-state index contributed by atoms with van der Waals surface area (Å²) < 4.78 is 11.5. The predicted molar refractivity (Wildman–Crippen MR) is 95.4 cm³/mol. The van der Waals surface area contributed by atoms with Gasteiger partial charge in [0.1, 0.15) is 0 Å². The standard InChI is InChI=1S/C19H10BrNO4/c20-14-6-5-13-17-11(14)2-1-3-12(17)18(22)21(19(13)23)10-4-7-15-16(8-10)25-9-24-15/h1-8H,9H2. The molecule has 0 N–H and O–H groups in total. The van der Waals surface area contributed by atoms with Gasteiger partial charge in [0.25, 0.3) is 11.8 Å². The molecule has 0 radical (unpaired) electrons. The maximum atomic E-state index is 13.0. The van der Waals surface area contributed by atoms with Gasteiger partial charge < -0.3 is 9.47 Å². The first-order valence-electron chi connectivity index (χ1n) is 7.65. The van der Waals surface area contributed by atoms with Gasteiger partial charge in [0, 0.05) is 27.1 Å². The number of nitrogens with zero attached hydrogens (tertiary/aromatic N) is 1. The summed E-state index contributed by atoms with van der Waals surface area (Å²) in [6, 6.07) is 14.1. The summed E-state index contributed by atoms with van der Waals surface area (Å²) in [4.78, 5) is 27.3. The molecule has 0 spiro atoms. The second-order valence-electron chi connectivity index (χ2n) is 5.81. The minimum Gasteiger partial charge on any atom is -0.454 e. The van der Waals surface area contributed by atoms with Crippen molar-refractivity contribution in [2.24, 2.45) is 0 Å². The maximum Gasteiger partial charge on any atom is 0.265 e. The van der Waals surface area contributed by atoms with Gasteiger partial charge in [0.15, 0.2) is 11.5 Å². The van der Waals surface area contributed by atoms with Crippen molar-refractivity contribution in [3.05, 3.63) is 64.1 Å². The van der Waals surface area contributed by atoms with E-state index in [-0.39, 0.29) is 18.6 Å². The Bertz CT molecular complexity index is 1070. The molecule has 3 aromatic carbocycles. The van der Waals surface area contributed by atoms with E-state index in [1.54, 1.807) is 30.3 Å². The third kappa shape index (κ3) is 1.94. The fraction of sp³-hybridized carbons (Fsp3) is 0.0526. The van der Waals surface area contributed by atoms with Crippen LogP contribution in [-0.2, 0) is 0 Å². The zero-order valence-electron chi connectivity index (χ0n) is 12.8. The Hall–Kier alpha value is -2.86. The SMILES string of the molecule is O=C1c2cccc3c(Br)ccc(c23)C(=O)N1c1ccc2c(c1)OCO2. The Balaban J connectivity index is 1.73. The smallest absolute Gasteiger partial charge is 0.265 e. The number of carbonyl (C=O) groups is 2. The number of anilines is 1. The molecule has 2 aliphatic rings. The number of carbonyl (C=O) groups excluding carboxylic acids is 2. The van der Waals surface area contributed by atoms with E-state index in [0.29, 0.717) is 33.7 Å². The van der Waals surface area contributed by atoms with Gasteiger partial charge in [-0.25, -0.2) is 4.90 Å². The lowest BCUT2D eigenvalue weighted by Gasteiger charge is -2.27. The molecule has 0 unspecified atom stereocenters. The summed E-state index contributed by atoms with van der Waals surface area (Å²) in [6.07, 6.45) is 0. The van der Waals surface area contributed by atoms with Gasteiger partial charge in [-0.05, 0) is 35.7 Å². The molecule has 0 aromatic heterocycles. The number of halogens is 1. The van der Waals surface area contributed by atoms with Crippen molar-refractivity contribution in [2.45, 2.75) is 0 Å². The van der Waals surface area contributed by atoms with E-state index >= 15 is 0 Å². The van der Waals surface area contributed by atoms with Crippen LogP contribution in [0.15, 0.2) is 53.0 Å². The summed E-state index contributed by atoms with van der Waals surface area (Å²) in [5, 5.41) is 1.53. The molecular formula is C19H10BrNO4. The number of hydrogen-bond donors (Lipinski definition) is 0. The van der Waals surface area contributed by atoms with Crippen LogP contribution in [0.2, 0.25) is 0 Å². The molecule has 2 heterocycles. The van der Waals surface area contributed by atoms with Crippen molar-refractivity contribution in [1.29, 1.82) is 0 Å². The largest absolute Gasteiger partial charge is 0.454 e. The number of rotatable bonds is 1. The van der Waals surface area contributed by atoms with E-state index in [4.69, 9.17) is 9.47 Å². The molecule has 6 heteroatoms. The fourth-order valence-corrected chi connectivity index (χ4v) is 3.78. The Morgan fingerprint density at radius 1 is 0.880 bits per heavy atom. The lowest BCUT2D eigenvalue weighted by Crippen LogP contribution is -2.40. The molecule has 0 saturated carbocycles. The quantitative estimate of drug-likeness (QED) is 0.581. The third-order valence-electron chi connectivity index (χ3n) is 4.47. The highest BCUT2D eigenvalue weighted by molar-refractivity contribution is 9.10. The summed E-state index contributed by atoms with van der Waals surface area (Å²) in [5.74, 6) is 0.435. The van der Waals surface area contributed by atoms with Gasteiger partial charge >= 0.3 is 0 Å². The highest BCUT2D eigenvalue weighted by atomic mass is 79.9. The van der Waals surface area contributed by atoms with Gasteiger partial charge in [0.2, 0.25) is 6.79 Å². The van der Waals surface area contributed by atoms with Gasteiger partial charge in [-0.1, -0.05) is 28.1 Å². The van der Waals surface area contributed by atoms with E-state index in [1.165, 1.54) is 4.90 Å². The molecule has 5 nitrogen and oxygen atoms in total. The highest BCUT2D eigenvalue weighted by Crippen LogP contribution is 2.39. The number of ether oxygens (including phenoxy) is 2. The van der Waals surface area contributed by atoms with Crippen LogP contribution in [0.3, 0.4) is 0 Å². The molecule has 0 saturated heterocycles. The number of fused-ring (bicyclic) bond motifs is 1. The maximum absolute atomic E-state index is 13.0. The topological polar surface area (TPSA) is 55.8 Å². The Morgan fingerprint density at radius 3 is 2.48 bits per heavy atom. The summed E-state index contributed by atoms with van der Waals surface area (Å²) >= 11 is 3.49. The van der Waals surface area contributed by atoms with Gasteiger partial charge in [-0.15, -0.1) is 0 Å². The predicted octanol–water partition coefficient (Wildman–Crippen LogP) is 4.13. The average molecular weight is 396 g/mol. The molecule has 3 aromatic rings. The average Bonchev–Trinajstić information content (AvgIpc) is 3.09. The Labute approximate surface area is 150 Å². The first kappa shape index (κ1) is 14.5. The first-order valence-corrected chi connectivity index (χ1v) is 8.44. The number of hydrogen-bond acceptors (Lipinski definition) is 4. The molecule has 0 fully saturated rings. The van der Waals surface area contributed by atoms with Crippen molar-refractivity contribution in [1.82, 2.24) is 0 Å². The van der Waals surface area contributed by atoms with Crippen LogP contribution in [0.1, 0.15) is 20.7 Å². The van der Waals surface area contributed by atoms with E-state index in [1.807, 2.05) is 18.2 Å². The van der Waals surface area contributed by atoms with Crippen molar-refractivity contribution >= 4 is 44.2 Å². The molecule has 2 aliphatic heterocycles. The lowest BCUT2D eigenvalue weighted by molar-refractivity contribution is 0.0893. The van der Waals surface area contributed by atoms with E-state index in [9.17, 15) is 9.59 Å². The Morgan fingerprint density at radius 2 is 1.64 bits per heavy atom. The van der Waals surface area contributed by atoms with Gasteiger partial charge in [-0.2, -0.15) is 0 Å². The molecule has 2 amide bonds. The van der Waals surface area contributed by atoms with Crippen LogP contribution in [0.25, 0.3) is 10.8 Å². The second-order valence-corrected chi connectivity index (χ2v) is 6.66. The highest BCUT2D eigenvalue weighted by Gasteiger charge is 2.35. The molecule has 0 aliphatic carbocycles. The summed E-state index contributed by atoms with van der Waals surface area (Å²) in [5.41, 5.74) is 1.47. The van der Waals surface area contributed by atoms with Gasteiger partial charge in [-0.3, -0.25) is 9.59 Å². The summed E-state index contributed by atoms with van der Waals surface area (Å²) in [7, 11) is 0. The van der Waals surface area contributed by atoms with Crippen LogP contribution in [0.5, 0.6) is 11.5 Å². The molecule has 0 bridgehead atoms. The summed E-state index contributed by atoms with van der Waals surface area (Å²) in [6.45, 7) is 0.136. The van der Waals surface area contributed by atoms with Crippen LogP contribution in [0.4, 0.5) is 5.69 Å². The molecular weight excluding hydrogens is 386 g/mol. The number of imide groups is 1. The van der Waals surface area contributed by atoms with Crippen LogP contribution >= 0.6 is 15.9 Å². The van der Waals surface area contributed by atoms with E-state index in [0.717, 1.165) is 9.86 Å². The molecule has 122 valence electrons. The zero-order chi connectivity index (χ0) is 17.1. The van der Waals surface area contributed by atoms with Crippen molar-refractivity contribution in [2.75, 3.05) is 11.7 Å². The zero-order valence-corrected chi connectivity index (χ0v) is 14.4.